The molecule has 0 aliphatic rings. The molecule has 0 aliphatic carbocycles. The van der Waals surface area contributed by atoms with Crippen LogP contribution in [-0.4, -0.2) is 24.0 Å². The van der Waals surface area contributed by atoms with Gasteiger partial charge in [-0.1, -0.05) is 51.4 Å². The Morgan fingerprint density at radius 3 is 2.71 bits per heavy atom. The summed E-state index contributed by atoms with van der Waals surface area (Å²) in [6, 6.07) is 0. The molecule has 0 fully saturated rings. The van der Waals surface area contributed by atoms with Gasteiger partial charge in [0.2, 0.25) is 0 Å². The molecular weight excluding hydrogens is 284 g/mol. The van der Waals surface area contributed by atoms with Crippen LogP contribution in [0.4, 0.5) is 10.9 Å². The van der Waals surface area contributed by atoms with Crippen LogP contribution in [0, 0.1) is 5.92 Å². The lowest BCUT2D eigenvalue weighted by molar-refractivity contribution is 0.0950. The molecule has 4 N–H and O–H groups in total. The van der Waals surface area contributed by atoms with Gasteiger partial charge in [0.15, 0.2) is 5.13 Å². The van der Waals surface area contributed by atoms with Crippen LogP contribution in [0.15, 0.2) is 0 Å². The van der Waals surface area contributed by atoms with E-state index in [1.807, 2.05) is 0 Å². The summed E-state index contributed by atoms with van der Waals surface area (Å²) in [5.41, 5.74) is 5.83. The maximum absolute atomic E-state index is 12.2. The van der Waals surface area contributed by atoms with Crippen LogP contribution in [0.1, 0.15) is 62.5 Å². The molecule has 1 rings (SSSR count). The number of nitrogens with one attached hydrogen (secondary N) is 2. The summed E-state index contributed by atoms with van der Waals surface area (Å²) in [4.78, 5) is 16.9. The predicted octanol–water partition coefficient (Wildman–Crippen LogP) is 3.49. The number of nitrogens with two attached hydrogens (primary N) is 1. The molecule has 0 radical (unpaired) electrons. The molecule has 120 valence electrons. The van der Waals surface area contributed by atoms with Crippen LogP contribution >= 0.6 is 11.3 Å². The van der Waals surface area contributed by atoms with Gasteiger partial charge in [-0.3, -0.25) is 4.79 Å². The first-order valence-electron chi connectivity index (χ1n) is 7.90. The smallest absolute Gasteiger partial charge is 0.265 e. The van der Waals surface area contributed by atoms with E-state index in [4.69, 9.17) is 5.73 Å². The second-order valence-electron chi connectivity index (χ2n) is 5.29. The molecule has 0 aromatic carbocycles. The fourth-order valence-electron chi connectivity index (χ4n) is 2.06. The van der Waals surface area contributed by atoms with Crippen molar-refractivity contribution in [3.05, 3.63) is 4.88 Å². The number of nitrogen functional groups attached to an aromatic ring is 1. The summed E-state index contributed by atoms with van der Waals surface area (Å²) >= 11 is 1.33. The second kappa shape index (κ2) is 9.60. The number of carbonyl (C=O) groups is 1. The quantitative estimate of drug-likeness (QED) is 0.618. The molecule has 21 heavy (non-hydrogen) atoms. The van der Waals surface area contributed by atoms with E-state index < -0.39 is 0 Å². The van der Waals surface area contributed by atoms with Gasteiger partial charge in [0.1, 0.15) is 10.7 Å². The van der Waals surface area contributed by atoms with Crippen LogP contribution in [0.25, 0.3) is 0 Å². The number of rotatable bonds is 10. The van der Waals surface area contributed by atoms with Crippen molar-refractivity contribution in [2.75, 3.05) is 24.1 Å². The Balaban J connectivity index is 2.52. The molecular formula is C15H28N4OS. The average molecular weight is 312 g/mol. The highest BCUT2D eigenvalue weighted by molar-refractivity contribution is 7.18. The minimum Gasteiger partial charge on any atom is -0.382 e. The monoisotopic (exact) mass is 312 g/mol. The van der Waals surface area contributed by atoms with Crippen molar-refractivity contribution in [3.63, 3.8) is 0 Å². The van der Waals surface area contributed by atoms with E-state index in [0.717, 1.165) is 30.9 Å². The van der Waals surface area contributed by atoms with Crippen LogP contribution in [0.3, 0.4) is 0 Å². The minimum absolute atomic E-state index is 0.107. The number of carbonyl (C=O) groups excluding carboxylic acids is 1. The summed E-state index contributed by atoms with van der Waals surface area (Å²) in [6.45, 7) is 7.99. The Hall–Kier alpha value is -1.30. The molecule has 1 atom stereocenters. The van der Waals surface area contributed by atoms with Crippen molar-refractivity contribution in [2.24, 2.45) is 5.92 Å². The zero-order valence-electron chi connectivity index (χ0n) is 13.4. The second-order valence-corrected chi connectivity index (χ2v) is 6.29. The Bertz CT molecular complexity index is 433. The standard InChI is InChI=1S/C15H28N4OS/c1-4-7-8-11(6-3)10-18-14(20)12-13(16)19-15(21-12)17-9-5-2/h11H,4-10,16H2,1-3H3,(H,17,19)(H,18,20). The number of anilines is 2. The van der Waals surface area contributed by atoms with E-state index in [0.29, 0.717) is 23.2 Å². The molecule has 1 heterocycles. The third-order valence-electron chi connectivity index (χ3n) is 3.48. The van der Waals surface area contributed by atoms with E-state index >= 15 is 0 Å². The van der Waals surface area contributed by atoms with E-state index in [9.17, 15) is 4.79 Å². The first-order valence-corrected chi connectivity index (χ1v) is 8.72. The maximum atomic E-state index is 12.2. The summed E-state index contributed by atoms with van der Waals surface area (Å²) in [6.07, 6.45) is 5.66. The number of hydrogen-bond donors (Lipinski definition) is 3. The van der Waals surface area contributed by atoms with Gasteiger partial charge >= 0.3 is 0 Å². The lowest BCUT2D eigenvalue weighted by Crippen LogP contribution is -2.29. The van der Waals surface area contributed by atoms with E-state index in [2.05, 4.69) is 36.4 Å². The molecule has 0 spiro atoms. The number of amides is 1. The van der Waals surface area contributed by atoms with Crippen molar-refractivity contribution in [3.8, 4) is 0 Å². The van der Waals surface area contributed by atoms with Crippen molar-refractivity contribution in [1.82, 2.24) is 10.3 Å². The first kappa shape index (κ1) is 17.8. The number of nitrogens with zero attached hydrogens (tertiary/aromatic N) is 1. The number of unbranched alkanes of at least 4 members (excludes halogenated alkanes) is 1. The van der Waals surface area contributed by atoms with Crippen molar-refractivity contribution in [1.29, 1.82) is 0 Å². The third kappa shape index (κ3) is 5.91. The average Bonchev–Trinajstić information content (AvgIpc) is 2.86. The van der Waals surface area contributed by atoms with Crippen LogP contribution in [-0.2, 0) is 0 Å². The molecule has 0 aliphatic heterocycles. The highest BCUT2D eigenvalue weighted by Gasteiger charge is 2.17. The Labute approximate surface area is 131 Å². The molecule has 1 aromatic heterocycles. The highest BCUT2D eigenvalue weighted by Crippen LogP contribution is 2.25. The van der Waals surface area contributed by atoms with Gasteiger partial charge in [0.25, 0.3) is 5.91 Å². The van der Waals surface area contributed by atoms with Crippen molar-refractivity contribution >= 4 is 28.2 Å². The summed E-state index contributed by atoms with van der Waals surface area (Å²) in [5, 5.41) is 6.87. The molecule has 1 unspecified atom stereocenters. The zero-order valence-corrected chi connectivity index (χ0v) is 14.2. The highest BCUT2D eigenvalue weighted by atomic mass is 32.1. The predicted molar refractivity (Wildman–Crippen MR) is 90.9 cm³/mol. The summed E-state index contributed by atoms with van der Waals surface area (Å²) in [5.74, 6) is 0.753. The van der Waals surface area contributed by atoms with Gasteiger partial charge in [0.05, 0.1) is 0 Å². The lowest BCUT2D eigenvalue weighted by Gasteiger charge is -2.14. The first-order chi connectivity index (χ1) is 10.1. The lowest BCUT2D eigenvalue weighted by atomic mass is 9.99. The molecule has 0 saturated heterocycles. The Kier molecular flexibility index (Phi) is 8.12. The Morgan fingerprint density at radius 1 is 1.33 bits per heavy atom. The normalized spacial score (nSPS) is 12.1. The van der Waals surface area contributed by atoms with Gasteiger partial charge in [-0.15, -0.1) is 0 Å². The van der Waals surface area contributed by atoms with Gasteiger partial charge in [-0.2, -0.15) is 0 Å². The molecule has 1 amide bonds. The van der Waals surface area contributed by atoms with Gasteiger partial charge < -0.3 is 16.4 Å². The number of aromatic nitrogens is 1. The molecule has 1 aromatic rings. The Morgan fingerprint density at radius 2 is 2.10 bits per heavy atom. The minimum atomic E-state index is -0.107. The van der Waals surface area contributed by atoms with Crippen molar-refractivity contribution < 1.29 is 4.79 Å². The van der Waals surface area contributed by atoms with Crippen LogP contribution in [0.5, 0.6) is 0 Å². The van der Waals surface area contributed by atoms with Crippen LogP contribution in [0.2, 0.25) is 0 Å². The summed E-state index contributed by atoms with van der Waals surface area (Å²) < 4.78 is 0. The largest absolute Gasteiger partial charge is 0.382 e. The SMILES string of the molecule is CCCCC(CC)CNC(=O)c1sc(NCCC)nc1N. The fraction of sp³-hybridized carbons (Fsp3) is 0.733. The summed E-state index contributed by atoms with van der Waals surface area (Å²) in [7, 11) is 0. The van der Waals surface area contributed by atoms with Gasteiger partial charge in [-0.05, 0) is 18.8 Å². The third-order valence-corrected chi connectivity index (χ3v) is 4.51. The zero-order chi connectivity index (χ0) is 15.7. The molecule has 0 bridgehead atoms. The molecule has 5 nitrogen and oxygen atoms in total. The van der Waals surface area contributed by atoms with E-state index in [-0.39, 0.29) is 5.91 Å². The van der Waals surface area contributed by atoms with Gasteiger partial charge in [0, 0.05) is 13.1 Å². The molecule has 6 heteroatoms. The van der Waals surface area contributed by atoms with Crippen molar-refractivity contribution in [2.45, 2.75) is 52.9 Å². The van der Waals surface area contributed by atoms with Gasteiger partial charge in [-0.25, -0.2) is 4.98 Å². The number of thiazole rings is 1. The number of hydrogen-bond acceptors (Lipinski definition) is 5. The van der Waals surface area contributed by atoms with Crippen LogP contribution < -0.4 is 16.4 Å². The molecule has 0 saturated carbocycles. The fourth-order valence-corrected chi connectivity index (χ4v) is 2.89. The topological polar surface area (TPSA) is 80.0 Å². The maximum Gasteiger partial charge on any atom is 0.265 e. The van der Waals surface area contributed by atoms with E-state index in [1.54, 1.807) is 0 Å². The van der Waals surface area contributed by atoms with E-state index in [1.165, 1.54) is 24.2 Å².